The summed E-state index contributed by atoms with van der Waals surface area (Å²) in [5, 5.41) is 0.257. The van der Waals surface area contributed by atoms with Crippen LogP contribution in [-0.2, 0) is 6.18 Å². The number of hydrogen-bond acceptors (Lipinski definition) is 4. The Morgan fingerprint density at radius 3 is 2.57 bits per heavy atom. The van der Waals surface area contributed by atoms with Crippen LogP contribution in [0.25, 0.3) is 11.0 Å². The van der Waals surface area contributed by atoms with Crippen LogP contribution in [0.3, 0.4) is 0 Å². The van der Waals surface area contributed by atoms with Crippen LogP contribution in [-0.4, -0.2) is 12.5 Å². The van der Waals surface area contributed by atoms with Gasteiger partial charge in [0, 0.05) is 10.2 Å². The van der Waals surface area contributed by atoms with Gasteiger partial charge in [0.1, 0.15) is 11.3 Å². The molecule has 1 aliphatic rings. The summed E-state index contributed by atoms with van der Waals surface area (Å²) in [6.45, 7) is 2.52. The maximum atomic E-state index is 13.7. The summed E-state index contributed by atoms with van der Waals surface area (Å²) in [5.74, 6) is -0.359. The van der Waals surface area contributed by atoms with Crippen molar-refractivity contribution in [1.29, 1.82) is 0 Å². The predicted octanol–water partition coefficient (Wildman–Crippen LogP) is 7.50. The lowest BCUT2D eigenvalue weighted by Gasteiger charge is -2.26. The van der Waals surface area contributed by atoms with Gasteiger partial charge in [0.05, 0.1) is 29.2 Å². The van der Waals surface area contributed by atoms with Gasteiger partial charge in [-0.05, 0) is 60.5 Å². The Kier molecular flexibility index (Phi) is 6.58. The van der Waals surface area contributed by atoms with Crippen LogP contribution in [0.2, 0.25) is 0 Å². The number of fused-ring (bicyclic) bond motifs is 2. The van der Waals surface area contributed by atoms with E-state index >= 15 is 0 Å². The van der Waals surface area contributed by atoms with Crippen molar-refractivity contribution in [3.8, 4) is 5.75 Å². The van der Waals surface area contributed by atoms with E-state index in [9.17, 15) is 22.8 Å². The highest BCUT2D eigenvalue weighted by Gasteiger charge is 2.44. The molecule has 2 heterocycles. The average Bonchev–Trinajstić information content (AvgIpc) is 3.17. The minimum Gasteiger partial charge on any atom is -0.494 e. The zero-order valence-corrected chi connectivity index (χ0v) is 21.2. The molecule has 37 heavy (non-hydrogen) atoms. The Labute approximate surface area is 218 Å². The molecule has 0 spiro atoms. The summed E-state index contributed by atoms with van der Waals surface area (Å²) >= 11 is 3.35. The number of carbonyl (C=O) groups is 1. The summed E-state index contributed by atoms with van der Waals surface area (Å²) in [6.07, 6.45) is -2.82. The molecule has 0 saturated carbocycles. The first kappa shape index (κ1) is 25.1. The van der Waals surface area contributed by atoms with Crippen LogP contribution in [0.15, 0.2) is 80.4 Å². The summed E-state index contributed by atoms with van der Waals surface area (Å²) in [6, 6.07) is 15.2. The first-order valence-electron chi connectivity index (χ1n) is 11.7. The fourth-order valence-corrected chi connectivity index (χ4v) is 4.83. The molecule has 5 nitrogen and oxygen atoms in total. The lowest BCUT2D eigenvalue weighted by molar-refractivity contribution is -0.137. The SMILES string of the molecule is CCCCOc1cccc(C2c3c(oc4ccc(Br)cc4c3=O)C(=O)N2c2cccc(C(F)(F)F)c2)c1. The predicted molar refractivity (Wildman–Crippen MR) is 137 cm³/mol. The van der Waals surface area contributed by atoms with Gasteiger partial charge >= 0.3 is 6.18 Å². The maximum absolute atomic E-state index is 13.7. The van der Waals surface area contributed by atoms with Crippen LogP contribution in [0.1, 0.15) is 53.1 Å². The number of amides is 1. The van der Waals surface area contributed by atoms with E-state index < -0.39 is 29.1 Å². The van der Waals surface area contributed by atoms with Gasteiger partial charge in [-0.25, -0.2) is 0 Å². The molecule has 5 rings (SSSR count). The highest BCUT2D eigenvalue weighted by molar-refractivity contribution is 9.10. The van der Waals surface area contributed by atoms with Gasteiger partial charge in [0.25, 0.3) is 5.91 Å². The average molecular weight is 572 g/mol. The molecule has 190 valence electrons. The lowest BCUT2D eigenvalue weighted by Crippen LogP contribution is -2.29. The topological polar surface area (TPSA) is 59.8 Å². The van der Waals surface area contributed by atoms with Gasteiger partial charge in [-0.1, -0.05) is 47.5 Å². The third-order valence-electron chi connectivity index (χ3n) is 6.22. The van der Waals surface area contributed by atoms with Crippen molar-refractivity contribution in [1.82, 2.24) is 0 Å². The van der Waals surface area contributed by atoms with E-state index in [0.717, 1.165) is 25.0 Å². The smallest absolute Gasteiger partial charge is 0.416 e. The third-order valence-corrected chi connectivity index (χ3v) is 6.72. The highest BCUT2D eigenvalue weighted by atomic mass is 79.9. The van der Waals surface area contributed by atoms with E-state index in [0.29, 0.717) is 22.4 Å². The second-order valence-corrected chi connectivity index (χ2v) is 9.63. The van der Waals surface area contributed by atoms with Gasteiger partial charge < -0.3 is 9.15 Å². The lowest BCUT2D eigenvalue weighted by atomic mass is 9.98. The molecule has 1 unspecified atom stereocenters. The van der Waals surface area contributed by atoms with Gasteiger partial charge in [0.2, 0.25) is 5.76 Å². The van der Waals surface area contributed by atoms with Crippen LogP contribution >= 0.6 is 15.9 Å². The molecule has 1 amide bonds. The molecule has 0 saturated heterocycles. The van der Waals surface area contributed by atoms with Gasteiger partial charge in [0.15, 0.2) is 5.43 Å². The number of ether oxygens (including phenoxy) is 1. The number of alkyl halides is 3. The number of nitrogens with zero attached hydrogens (tertiary/aromatic N) is 1. The summed E-state index contributed by atoms with van der Waals surface area (Å²) < 4.78 is 53.0. The molecule has 1 atom stereocenters. The minimum absolute atomic E-state index is 0.00170. The van der Waals surface area contributed by atoms with Crippen LogP contribution in [0.4, 0.5) is 18.9 Å². The Morgan fingerprint density at radius 2 is 1.81 bits per heavy atom. The van der Waals surface area contributed by atoms with Crippen molar-refractivity contribution in [3.63, 3.8) is 0 Å². The molecule has 0 N–H and O–H groups in total. The zero-order chi connectivity index (χ0) is 26.3. The highest BCUT2D eigenvalue weighted by Crippen LogP contribution is 2.43. The number of unbranched alkanes of at least 4 members (excludes halogenated alkanes) is 1. The fourth-order valence-electron chi connectivity index (χ4n) is 4.47. The standard InChI is InChI=1S/C28H21BrF3NO4/c1-2-3-12-36-20-9-4-6-16(13-20)24-23-25(34)21-15-18(29)10-11-22(21)37-26(23)27(35)33(24)19-8-5-7-17(14-19)28(30,31)32/h4-11,13-15,24H,2-3,12H2,1H3. The molecule has 4 aromatic rings. The second kappa shape index (κ2) is 9.70. The first-order chi connectivity index (χ1) is 17.7. The largest absolute Gasteiger partial charge is 0.494 e. The van der Waals surface area contributed by atoms with Crippen molar-refractivity contribution in [2.75, 3.05) is 11.5 Å². The fraction of sp³-hybridized carbons (Fsp3) is 0.214. The second-order valence-electron chi connectivity index (χ2n) is 8.71. The molecular formula is C28H21BrF3NO4. The summed E-state index contributed by atoms with van der Waals surface area (Å²) in [4.78, 5) is 28.6. The molecule has 0 bridgehead atoms. The van der Waals surface area contributed by atoms with Crippen LogP contribution in [0, 0.1) is 0 Å². The molecular weight excluding hydrogens is 551 g/mol. The Morgan fingerprint density at radius 1 is 1.03 bits per heavy atom. The van der Waals surface area contributed by atoms with Gasteiger partial charge in [-0.3, -0.25) is 14.5 Å². The van der Waals surface area contributed by atoms with E-state index in [4.69, 9.17) is 9.15 Å². The van der Waals surface area contributed by atoms with E-state index in [1.54, 1.807) is 42.5 Å². The van der Waals surface area contributed by atoms with Crippen LogP contribution < -0.4 is 15.1 Å². The van der Waals surface area contributed by atoms with Crippen molar-refractivity contribution >= 4 is 38.5 Å². The molecule has 9 heteroatoms. The number of benzene rings is 3. The molecule has 1 aromatic heterocycles. The number of hydrogen-bond donors (Lipinski definition) is 0. The Balaban J connectivity index is 1.73. The van der Waals surface area contributed by atoms with Gasteiger partial charge in [-0.15, -0.1) is 0 Å². The Bertz CT molecular complexity index is 1560. The number of rotatable bonds is 6. The van der Waals surface area contributed by atoms with Crippen molar-refractivity contribution in [2.45, 2.75) is 32.0 Å². The number of anilines is 1. The van der Waals surface area contributed by atoms with Gasteiger partial charge in [-0.2, -0.15) is 13.2 Å². The summed E-state index contributed by atoms with van der Waals surface area (Å²) in [5.41, 5.74) is -0.543. The normalized spacial score (nSPS) is 15.3. The van der Waals surface area contributed by atoms with Crippen molar-refractivity contribution in [3.05, 3.63) is 104 Å². The molecule has 1 aliphatic heterocycles. The van der Waals surface area contributed by atoms with Crippen LogP contribution in [0.5, 0.6) is 5.75 Å². The van der Waals surface area contributed by atoms with E-state index in [1.165, 1.54) is 17.0 Å². The quantitative estimate of drug-likeness (QED) is 0.225. The Hall–Kier alpha value is -3.59. The summed E-state index contributed by atoms with van der Waals surface area (Å²) in [7, 11) is 0. The van der Waals surface area contributed by atoms with E-state index in [1.807, 2.05) is 6.92 Å². The molecule has 0 aliphatic carbocycles. The third kappa shape index (κ3) is 4.64. The molecule has 0 fully saturated rings. The molecule has 3 aromatic carbocycles. The van der Waals surface area contributed by atoms with Crippen molar-refractivity contribution in [2.24, 2.45) is 0 Å². The number of halogens is 4. The van der Waals surface area contributed by atoms with Crippen molar-refractivity contribution < 1.29 is 27.1 Å². The number of carbonyl (C=O) groups excluding carboxylic acids is 1. The molecule has 0 radical (unpaired) electrons. The maximum Gasteiger partial charge on any atom is 0.416 e. The zero-order valence-electron chi connectivity index (χ0n) is 19.6. The van der Waals surface area contributed by atoms with E-state index in [-0.39, 0.29) is 28.0 Å². The monoisotopic (exact) mass is 571 g/mol. The first-order valence-corrected chi connectivity index (χ1v) is 12.5. The van der Waals surface area contributed by atoms with E-state index in [2.05, 4.69) is 15.9 Å². The minimum atomic E-state index is -4.61.